The molecule has 1 aromatic heterocycles. The molecule has 0 spiro atoms. The monoisotopic (exact) mass is 408 g/mol. The summed E-state index contributed by atoms with van der Waals surface area (Å²) in [5.74, 6) is -0.466. The fourth-order valence-electron chi connectivity index (χ4n) is 3.22. The van der Waals surface area contributed by atoms with Crippen LogP contribution in [0.15, 0.2) is 24.3 Å². The highest BCUT2D eigenvalue weighted by atomic mass is 35.5. The van der Waals surface area contributed by atoms with Gasteiger partial charge in [0.15, 0.2) is 5.78 Å². The van der Waals surface area contributed by atoms with Crippen molar-refractivity contribution in [2.24, 2.45) is 0 Å². The van der Waals surface area contributed by atoms with E-state index in [0.717, 1.165) is 47.9 Å². The summed E-state index contributed by atoms with van der Waals surface area (Å²) in [6, 6.07) is 5.20. The van der Waals surface area contributed by atoms with Gasteiger partial charge in [-0.15, -0.1) is 11.3 Å². The number of hydrogen-bond donors (Lipinski definition) is 0. The van der Waals surface area contributed by atoms with Gasteiger partial charge in [0.25, 0.3) is 0 Å². The first-order valence-corrected chi connectivity index (χ1v) is 9.90. The summed E-state index contributed by atoms with van der Waals surface area (Å²) in [5, 5.41) is 1.04. The summed E-state index contributed by atoms with van der Waals surface area (Å²) < 4.78 is 4.89. The molecule has 0 radical (unpaired) electrons. The van der Waals surface area contributed by atoms with Gasteiger partial charge in [-0.3, -0.25) is 4.79 Å². The zero-order chi connectivity index (χ0) is 18.8. The molecule has 0 saturated heterocycles. The molecule has 0 amide bonds. The van der Waals surface area contributed by atoms with Gasteiger partial charge >= 0.3 is 5.97 Å². The second-order valence-electron chi connectivity index (χ2n) is 6.27. The fraction of sp³-hybridized carbons (Fsp3) is 0.300. The molecule has 0 bridgehead atoms. The molecule has 1 aliphatic rings. The summed E-state index contributed by atoms with van der Waals surface area (Å²) in [7, 11) is 1.37. The van der Waals surface area contributed by atoms with Gasteiger partial charge < -0.3 is 4.74 Å². The van der Waals surface area contributed by atoms with E-state index in [1.807, 2.05) is 6.92 Å². The van der Waals surface area contributed by atoms with Crippen LogP contribution in [0.2, 0.25) is 10.0 Å². The SMILES string of the molecule is COC(=O)c1sc(C(=O)/C=C(/C)c2cc(Cl)cc(Cl)c2)c2c1CCCC2. The molecule has 1 heterocycles. The van der Waals surface area contributed by atoms with Crippen molar-refractivity contribution in [3.8, 4) is 0 Å². The van der Waals surface area contributed by atoms with E-state index in [1.165, 1.54) is 18.4 Å². The normalized spacial score (nSPS) is 14.1. The Morgan fingerprint density at radius 3 is 2.19 bits per heavy atom. The minimum absolute atomic E-state index is 0.100. The highest BCUT2D eigenvalue weighted by Gasteiger charge is 2.27. The van der Waals surface area contributed by atoms with E-state index in [9.17, 15) is 9.59 Å². The van der Waals surface area contributed by atoms with Gasteiger partial charge in [-0.1, -0.05) is 23.2 Å². The molecule has 0 saturated carbocycles. The van der Waals surface area contributed by atoms with Crippen LogP contribution in [0.25, 0.3) is 5.57 Å². The number of esters is 1. The fourth-order valence-corrected chi connectivity index (χ4v) is 4.97. The van der Waals surface area contributed by atoms with Crippen LogP contribution in [-0.2, 0) is 17.6 Å². The third-order valence-corrected chi connectivity index (χ3v) is 6.19. The number of halogens is 2. The lowest BCUT2D eigenvalue weighted by Crippen LogP contribution is -2.08. The highest BCUT2D eigenvalue weighted by molar-refractivity contribution is 7.16. The van der Waals surface area contributed by atoms with Crippen molar-refractivity contribution in [3.05, 3.63) is 60.8 Å². The number of benzene rings is 1. The third-order valence-electron chi connectivity index (χ3n) is 4.48. The van der Waals surface area contributed by atoms with Gasteiger partial charge in [-0.05, 0) is 79.1 Å². The summed E-state index contributed by atoms with van der Waals surface area (Å²) in [6.45, 7) is 1.85. The molecule has 0 N–H and O–H groups in total. The quantitative estimate of drug-likeness (QED) is 0.353. The second-order valence-corrected chi connectivity index (χ2v) is 8.16. The zero-order valence-corrected chi connectivity index (χ0v) is 16.9. The van der Waals surface area contributed by atoms with Crippen molar-refractivity contribution in [1.29, 1.82) is 0 Å². The molecule has 3 nitrogen and oxygen atoms in total. The van der Waals surface area contributed by atoms with Crippen molar-refractivity contribution < 1.29 is 14.3 Å². The molecule has 0 atom stereocenters. The Hall–Kier alpha value is -1.62. The summed E-state index contributed by atoms with van der Waals surface area (Å²) in [4.78, 5) is 26.2. The Morgan fingerprint density at radius 1 is 1.04 bits per heavy atom. The predicted octanol–water partition coefficient (Wildman–Crippen LogP) is 6.01. The minimum atomic E-state index is -0.366. The third kappa shape index (κ3) is 3.88. The van der Waals surface area contributed by atoms with Crippen LogP contribution in [0.3, 0.4) is 0 Å². The number of carbonyl (C=O) groups is 2. The number of thiophene rings is 1. The molecule has 6 heteroatoms. The smallest absolute Gasteiger partial charge is 0.348 e. The largest absolute Gasteiger partial charge is 0.465 e. The summed E-state index contributed by atoms with van der Waals surface area (Å²) >= 11 is 13.3. The maximum Gasteiger partial charge on any atom is 0.348 e. The van der Waals surface area contributed by atoms with Gasteiger partial charge in [0.1, 0.15) is 4.88 Å². The molecule has 3 rings (SSSR count). The first-order chi connectivity index (χ1) is 12.4. The molecule has 1 aromatic carbocycles. The van der Waals surface area contributed by atoms with Crippen molar-refractivity contribution in [1.82, 2.24) is 0 Å². The topological polar surface area (TPSA) is 43.4 Å². The first-order valence-electron chi connectivity index (χ1n) is 8.32. The van der Waals surface area contributed by atoms with Crippen LogP contribution in [-0.4, -0.2) is 18.9 Å². The number of fused-ring (bicyclic) bond motifs is 1. The van der Waals surface area contributed by atoms with E-state index in [4.69, 9.17) is 27.9 Å². The van der Waals surface area contributed by atoms with Crippen LogP contribution >= 0.6 is 34.5 Å². The van der Waals surface area contributed by atoms with Crippen LogP contribution < -0.4 is 0 Å². The van der Waals surface area contributed by atoms with E-state index < -0.39 is 0 Å². The minimum Gasteiger partial charge on any atom is -0.465 e. The maximum atomic E-state index is 12.9. The Balaban J connectivity index is 1.99. The molecule has 0 unspecified atom stereocenters. The summed E-state index contributed by atoms with van der Waals surface area (Å²) in [6.07, 6.45) is 5.27. The highest BCUT2D eigenvalue weighted by Crippen LogP contribution is 2.36. The molecule has 26 heavy (non-hydrogen) atoms. The van der Waals surface area contributed by atoms with Crippen molar-refractivity contribution in [2.75, 3.05) is 7.11 Å². The standard InChI is InChI=1S/C20H18Cl2O3S/c1-11(12-8-13(21)10-14(22)9-12)7-17(23)18-15-5-3-4-6-16(15)19(26-18)20(24)25-2/h7-10H,3-6H2,1-2H3/b11-7-. The lowest BCUT2D eigenvalue weighted by atomic mass is 9.91. The number of ether oxygens (including phenoxy) is 1. The van der Waals surface area contributed by atoms with E-state index in [1.54, 1.807) is 24.3 Å². The van der Waals surface area contributed by atoms with Crippen LogP contribution in [0, 0.1) is 0 Å². The van der Waals surface area contributed by atoms with Crippen molar-refractivity contribution in [2.45, 2.75) is 32.6 Å². The van der Waals surface area contributed by atoms with E-state index >= 15 is 0 Å². The molecular weight excluding hydrogens is 391 g/mol. The second kappa shape index (κ2) is 7.95. The van der Waals surface area contributed by atoms with Gasteiger partial charge in [0.05, 0.1) is 12.0 Å². The number of ketones is 1. The van der Waals surface area contributed by atoms with Crippen LogP contribution in [0.1, 0.15) is 55.8 Å². The molecule has 0 fully saturated rings. The molecule has 2 aromatic rings. The number of carbonyl (C=O) groups excluding carboxylic acids is 2. The Labute approximate surface area is 166 Å². The lowest BCUT2D eigenvalue weighted by Gasteiger charge is -2.13. The molecule has 1 aliphatic carbocycles. The van der Waals surface area contributed by atoms with Crippen LogP contribution in [0.4, 0.5) is 0 Å². The lowest BCUT2D eigenvalue weighted by molar-refractivity contribution is 0.0605. The van der Waals surface area contributed by atoms with Crippen molar-refractivity contribution >= 4 is 51.9 Å². The Bertz CT molecular complexity index is 892. The molecular formula is C20H18Cl2O3S. The van der Waals surface area contributed by atoms with Gasteiger partial charge in [0, 0.05) is 10.0 Å². The van der Waals surface area contributed by atoms with E-state index in [-0.39, 0.29) is 11.8 Å². The number of methoxy groups -OCH3 is 1. The van der Waals surface area contributed by atoms with Crippen molar-refractivity contribution in [3.63, 3.8) is 0 Å². The first kappa shape index (κ1) is 19.2. The van der Waals surface area contributed by atoms with Gasteiger partial charge in [-0.25, -0.2) is 4.79 Å². The van der Waals surface area contributed by atoms with E-state index in [0.29, 0.717) is 19.8 Å². The average Bonchev–Trinajstić information content (AvgIpc) is 3.00. The van der Waals surface area contributed by atoms with E-state index in [2.05, 4.69) is 0 Å². The number of allylic oxidation sites excluding steroid dienone is 2. The number of hydrogen-bond acceptors (Lipinski definition) is 4. The van der Waals surface area contributed by atoms with Gasteiger partial charge in [-0.2, -0.15) is 0 Å². The zero-order valence-electron chi connectivity index (χ0n) is 14.5. The Kier molecular flexibility index (Phi) is 5.86. The Morgan fingerprint density at radius 2 is 1.62 bits per heavy atom. The van der Waals surface area contributed by atoms with Crippen LogP contribution in [0.5, 0.6) is 0 Å². The summed E-state index contributed by atoms with van der Waals surface area (Å²) in [5.41, 5.74) is 3.56. The number of rotatable bonds is 4. The average molecular weight is 409 g/mol. The van der Waals surface area contributed by atoms with Gasteiger partial charge in [0.2, 0.25) is 0 Å². The predicted molar refractivity (Wildman–Crippen MR) is 107 cm³/mol. The maximum absolute atomic E-state index is 12.9. The molecule has 0 aliphatic heterocycles. The molecule has 136 valence electrons.